The zero-order valence-electron chi connectivity index (χ0n) is 15.2. The minimum atomic E-state index is -0.880. The summed E-state index contributed by atoms with van der Waals surface area (Å²) in [5.41, 5.74) is -0.516. The van der Waals surface area contributed by atoms with Crippen molar-refractivity contribution in [3.8, 4) is 12.1 Å². The number of carbonyl (C=O) groups is 2. The third-order valence-electron chi connectivity index (χ3n) is 3.33. The van der Waals surface area contributed by atoms with Crippen molar-refractivity contribution in [2.24, 2.45) is 0 Å². The molecule has 0 unspecified atom stereocenters. The molecule has 142 valence electrons. The lowest BCUT2D eigenvalue weighted by Gasteiger charge is -2.05. The Morgan fingerprint density at radius 1 is 0.857 bits per heavy atom. The Kier molecular flexibility index (Phi) is 6.95. The van der Waals surface area contributed by atoms with Gasteiger partial charge >= 0.3 is 11.9 Å². The molecule has 0 aliphatic carbocycles. The Labute approximate surface area is 160 Å². The van der Waals surface area contributed by atoms with Gasteiger partial charge in [0.15, 0.2) is 0 Å². The molecule has 8 heteroatoms. The topological polar surface area (TPSA) is 126 Å². The van der Waals surface area contributed by atoms with E-state index in [2.05, 4.69) is 0 Å². The number of esters is 2. The van der Waals surface area contributed by atoms with Gasteiger partial charge in [0.05, 0.1) is 0 Å². The van der Waals surface area contributed by atoms with Gasteiger partial charge in [-0.2, -0.15) is 10.5 Å². The van der Waals surface area contributed by atoms with Gasteiger partial charge in [0.25, 0.3) is 0 Å². The molecule has 0 N–H and O–H groups in total. The number of rotatable bonds is 7. The average molecular weight is 380 g/mol. The van der Waals surface area contributed by atoms with Crippen LogP contribution in [0.15, 0.2) is 44.2 Å². The summed E-state index contributed by atoms with van der Waals surface area (Å²) >= 11 is 0. The van der Waals surface area contributed by atoms with E-state index in [4.69, 9.17) is 28.8 Å². The fourth-order valence-electron chi connectivity index (χ4n) is 2.04. The monoisotopic (exact) mass is 380 g/mol. The highest BCUT2D eigenvalue weighted by molar-refractivity contribution is 5.98. The summed E-state index contributed by atoms with van der Waals surface area (Å²) in [6.45, 7) is 2.90. The van der Waals surface area contributed by atoms with Gasteiger partial charge in [-0.25, -0.2) is 9.59 Å². The van der Waals surface area contributed by atoms with Crippen molar-refractivity contribution < 1.29 is 27.9 Å². The molecule has 0 atom stereocenters. The Bertz CT molecular complexity index is 928. The molecule has 0 fully saturated rings. The second-order valence-corrected chi connectivity index (χ2v) is 5.51. The van der Waals surface area contributed by atoms with Gasteiger partial charge in [0.2, 0.25) is 0 Å². The molecule has 0 saturated carbocycles. The molecule has 0 bridgehead atoms. The van der Waals surface area contributed by atoms with Crippen molar-refractivity contribution >= 4 is 24.1 Å². The minimum Gasteiger partial charge on any atom is -0.462 e. The first kappa shape index (κ1) is 20.3. The number of nitrogens with zero attached hydrogens (tertiary/aromatic N) is 2. The van der Waals surface area contributed by atoms with E-state index in [9.17, 15) is 9.59 Å². The van der Waals surface area contributed by atoms with E-state index in [-0.39, 0.29) is 24.4 Å². The van der Waals surface area contributed by atoms with Gasteiger partial charge in [-0.05, 0) is 38.1 Å². The van der Waals surface area contributed by atoms with Crippen molar-refractivity contribution in [1.82, 2.24) is 0 Å². The van der Waals surface area contributed by atoms with Crippen LogP contribution in [0.25, 0.3) is 12.2 Å². The van der Waals surface area contributed by atoms with Crippen LogP contribution in [-0.2, 0) is 19.1 Å². The number of hydrogen-bond donors (Lipinski definition) is 0. The van der Waals surface area contributed by atoms with Crippen LogP contribution in [0.4, 0.5) is 0 Å². The Balaban J connectivity index is 1.85. The van der Waals surface area contributed by atoms with Crippen LogP contribution in [0.2, 0.25) is 0 Å². The van der Waals surface area contributed by atoms with Gasteiger partial charge < -0.3 is 18.3 Å². The Morgan fingerprint density at radius 3 is 1.54 bits per heavy atom. The number of nitriles is 2. The van der Waals surface area contributed by atoms with Gasteiger partial charge in [0, 0.05) is 12.2 Å². The highest BCUT2D eigenvalue weighted by Gasteiger charge is 2.14. The van der Waals surface area contributed by atoms with Gasteiger partial charge in [-0.1, -0.05) is 0 Å². The molecule has 2 rings (SSSR count). The predicted octanol–water partition coefficient (Wildman–Crippen LogP) is 3.09. The summed E-state index contributed by atoms with van der Waals surface area (Å²) in [5, 5.41) is 18.1. The lowest BCUT2D eigenvalue weighted by molar-refractivity contribution is -0.146. The lowest BCUT2D eigenvalue weighted by Crippen LogP contribution is -2.15. The van der Waals surface area contributed by atoms with Crippen LogP contribution in [-0.4, -0.2) is 25.2 Å². The maximum atomic E-state index is 11.9. The predicted molar refractivity (Wildman–Crippen MR) is 96.0 cm³/mol. The van der Waals surface area contributed by atoms with Crippen LogP contribution in [0, 0.1) is 36.5 Å². The van der Waals surface area contributed by atoms with Crippen LogP contribution < -0.4 is 0 Å². The number of furan rings is 2. The summed E-state index contributed by atoms with van der Waals surface area (Å²) in [6.07, 6.45) is 2.51. The summed E-state index contributed by atoms with van der Waals surface area (Å²) < 4.78 is 20.3. The van der Waals surface area contributed by atoms with Gasteiger partial charge in [0.1, 0.15) is 59.5 Å². The number of carbonyl (C=O) groups excluding carboxylic acids is 2. The van der Waals surface area contributed by atoms with E-state index in [1.807, 2.05) is 0 Å². The Hall–Kier alpha value is -4.04. The van der Waals surface area contributed by atoms with Crippen LogP contribution in [0.3, 0.4) is 0 Å². The van der Waals surface area contributed by atoms with Gasteiger partial charge in [-0.15, -0.1) is 0 Å². The molecule has 2 heterocycles. The fraction of sp³-hybridized carbons (Fsp3) is 0.200. The molecule has 0 saturated heterocycles. The van der Waals surface area contributed by atoms with Crippen LogP contribution in [0.5, 0.6) is 0 Å². The number of hydrogen-bond acceptors (Lipinski definition) is 8. The van der Waals surface area contributed by atoms with Crippen LogP contribution in [0.1, 0.15) is 23.0 Å². The highest BCUT2D eigenvalue weighted by Crippen LogP contribution is 2.13. The first-order valence-corrected chi connectivity index (χ1v) is 8.13. The second kappa shape index (κ2) is 9.60. The molecule has 2 aromatic rings. The normalized spacial score (nSPS) is 11.4. The average Bonchev–Trinajstić information content (AvgIpc) is 3.28. The minimum absolute atomic E-state index is 0.258. The lowest BCUT2D eigenvalue weighted by atomic mass is 10.2. The zero-order valence-corrected chi connectivity index (χ0v) is 15.2. The van der Waals surface area contributed by atoms with E-state index < -0.39 is 11.9 Å². The van der Waals surface area contributed by atoms with Gasteiger partial charge in [-0.3, -0.25) is 0 Å². The van der Waals surface area contributed by atoms with E-state index in [1.54, 1.807) is 50.3 Å². The fourth-order valence-corrected chi connectivity index (χ4v) is 2.04. The quantitative estimate of drug-likeness (QED) is 0.310. The summed E-state index contributed by atoms with van der Waals surface area (Å²) in [7, 11) is 0. The summed E-state index contributed by atoms with van der Waals surface area (Å²) in [5.74, 6) is 0.193. The smallest absolute Gasteiger partial charge is 0.349 e. The standard InChI is InChI=1S/C20H16N2O6/c1-13-3-5-17(27-13)9-15(11-21)19(23)25-7-8-26-20(24)16(12-22)10-18-6-4-14(2)28-18/h3-6,9-10H,7-8H2,1-2H3/b15-9+,16-10+. The van der Waals surface area contributed by atoms with E-state index in [1.165, 1.54) is 12.2 Å². The summed E-state index contributed by atoms with van der Waals surface area (Å²) in [4.78, 5) is 23.8. The molecule has 28 heavy (non-hydrogen) atoms. The molecular formula is C20H16N2O6. The molecule has 0 aromatic carbocycles. The SMILES string of the molecule is Cc1ccc(/C=C(\C#N)C(=O)OCCOC(=O)/C(C#N)=C/c2ccc(C)o2)o1. The molecule has 2 aromatic heterocycles. The molecule has 0 amide bonds. The maximum absolute atomic E-state index is 11.9. The zero-order chi connectivity index (χ0) is 20.5. The van der Waals surface area contributed by atoms with Crippen molar-refractivity contribution in [1.29, 1.82) is 10.5 Å². The molecule has 0 aliphatic heterocycles. The third kappa shape index (κ3) is 5.75. The molecular weight excluding hydrogens is 364 g/mol. The summed E-state index contributed by atoms with van der Waals surface area (Å²) in [6, 6.07) is 10.0. The van der Waals surface area contributed by atoms with E-state index in [0.717, 1.165) is 0 Å². The van der Waals surface area contributed by atoms with E-state index >= 15 is 0 Å². The van der Waals surface area contributed by atoms with Crippen molar-refractivity contribution in [2.75, 3.05) is 13.2 Å². The van der Waals surface area contributed by atoms with E-state index in [0.29, 0.717) is 23.0 Å². The molecule has 0 aliphatic rings. The largest absolute Gasteiger partial charge is 0.462 e. The van der Waals surface area contributed by atoms with Crippen molar-refractivity contribution in [3.63, 3.8) is 0 Å². The highest BCUT2D eigenvalue weighted by atomic mass is 16.6. The number of ether oxygens (including phenoxy) is 2. The molecule has 8 nitrogen and oxygen atoms in total. The van der Waals surface area contributed by atoms with Crippen molar-refractivity contribution in [3.05, 3.63) is 58.5 Å². The van der Waals surface area contributed by atoms with Crippen molar-refractivity contribution in [2.45, 2.75) is 13.8 Å². The Morgan fingerprint density at radius 2 is 1.25 bits per heavy atom. The maximum Gasteiger partial charge on any atom is 0.349 e. The molecule has 0 spiro atoms. The first-order valence-electron chi connectivity index (χ1n) is 8.13. The number of aryl methyl sites for hydroxylation is 2. The third-order valence-corrected chi connectivity index (χ3v) is 3.33. The first-order chi connectivity index (χ1) is 13.4. The van der Waals surface area contributed by atoms with Crippen LogP contribution >= 0.6 is 0 Å². The molecule has 0 radical (unpaired) electrons. The second-order valence-electron chi connectivity index (χ2n) is 5.51.